The predicted molar refractivity (Wildman–Crippen MR) is 67.2 cm³/mol. The zero-order valence-electron chi connectivity index (χ0n) is 10.7. The highest BCUT2D eigenvalue weighted by Gasteiger charge is 2.41. The Hall–Kier alpha value is -0.890. The van der Waals surface area contributed by atoms with Gasteiger partial charge in [0, 0.05) is 13.0 Å². The van der Waals surface area contributed by atoms with E-state index >= 15 is 0 Å². The molecule has 0 saturated heterocycles. The highest BCUT2D eigenvalue weighted by atomic mass is 19.1. The molecule has 16 heavy (non-hydrogen) atoms. The number of benzene rings is 1. The Labute approximate surface area is 97.9 Å². The van der Waals surface area contributed by atoms with Crippen LogP contribution in [0.5, 0.6) is 0 Å². The fourth-order valence-corrected chi connectivity index (χ4v) is 1.67. The molecule has 0 spiro atoms. The molecule has 0 bridgehead atoms. The molecule has 0 fully saturated rings. The van der Waals surface area contributed by atoms with Gasteiger partial charge >= 0.3 is 0 Å². The Bertz CT molecular complexity index is 337. The van der Waals surface area contributed by atoms with Crippen molar-refractivity contribution in [3.63, 3.8) is 0 Å². The number of halogens is 1. The lowest BCUT2D eigenvalue weighted by molar-refractivity contribution is 0.0382. The van der Waals surface area contributed by atoms with Crippen molar-refractivity contribution in [3.8, 4) is 0 Å². The van der Waals surface area contributed by atoms with Crippen LogP contribution in [-0.2, 0) is 6.42 Å². The maximum Gasteiger partial charge on any atom is 0.132 e. The van der Waals surface area contributed by atoms with E-state index < -0.39 is 11.1 Å². The summed E-state index contributed by atoms with van der Waals surface area (Å²) in [5.74, 6) is 0. The molecule has 2 N–H and O–H groups in total. The summed E-state index contributed by atoms with van der Waals surface area (Å²) in [6.07, 6.45) is 0.382. The highest BCUT2D eigenvalue weighted by molar-refractivity contribution is 5.23. The maximum atomic E-state index is 14.7. The zero-order valence-corrected chi connectivity index (χ0v) is 10.7. The molecule has 1 aromatic rings. The van der Waals surface area contributed by atoms with Crippen molar-refractivity contribution in [1.82, 2.24) is 0 Å². The summed E-state index contributed by atoms with van der Waals surface area (Å²) in [5.41, 5.74) is 6.01. The molecule has 0 aliphatic rings. The van der Waals surface area contributed by atoms with Gasteiger partial charge in [0.15, 0.2) is 0 Å². The van der Waals surface area contributed by atoms with Crippen molar-refractivity contribution in [2.24, 2.45) is 11.1 Å². The number of hydrogen-bond acceptors (Lipinski definition) is 1. The van der Waals surface area contributed by atoms with Crippen molar-refractivity contribution in [1.29, 1.82) is 0 Å². The summed E-state index contributed by atoms with van der Waals surface area (Å²) < 4.78 is 14.7. The second-order valence-corrected chi connectivity index (χ2v) is 5.58. The largest absolute Gasteiger partial charge is 0.327 e. The second kappa shape index (κ2) is 4.54. The van der Waals surface area contributed by atoms with Gasteiger partial charge in [0.25, 0.3) is 0 Å². The standard InChI is InChI=1S/C14H22FN/c1-11-5-7-12(8-6-11)9-14(15,10-16)13(2,3)4/h5-8H,9-10,16H2,1-4H3. The Morgan fingerprint density at radius 2 is 1.62 bits per heavy atom. The number of rotatable bonds is 3. The monoisotopic (exact) mass is 223 g/mol. The third-order valence-electron chi connectivity index (χ3n) is 3.27. The minimum atomic E-state index is -1.34. The first-order valence-electron chi connectivity index (χ1n) is 5.73. The molecular formula is C14H22FN. The van der Waals surface area contributed by atoms with Crippen molar-refractivity contribution in [3.05, 3.63) is 35.4 Å². The van der Waals surface area contributed by atoms with Crippen molar-refractivity contribution >= 4 is 0 Å². The van der Waals surface area contributed by atoms with Gasteiger partial charge in [-0.3, -0.25) is 0 Å². The molecule has 0 saturated carbocycles. The molecule has 1 rings (SSSR count). The van der Waals surface area contributed by atoms with Crippen LogP contribution in [0.1, 0.15) is 31.9 Å². The first-order valence-corrected chi connectivity index (χ1v) is 5.73. The zero-order chi connectivity index (χ0) is 12.4. The topological polar surface area (TPSA) is 26.0 Å². The molecule has 1 nitrogen and oxygen atoms in total. The molecule has 90 valence electrons. The Kier molecular flexibility index (Phi) is 3.74. The normalized spacial score (nSPS) is 15.9. The van der Waals surface area contributed by atoms with Gasteiger partial charge < -0.3 is 5.73 Å². The fraction of sp³-hybridized carbons (Fsp3) is 0.571. The van der Waals surface area contributed by atoms with Gasteiger partial charge in [-0.05, 0) is 17.9 Å². The van der Waals surface area contributed by atoms with Gasteiger partial charge in [-0.1, -0.05) is 50.6 Å². The van der Waals surface area contributed by atoms with Crippen LogP contribution in [0.2, 0.25) is 0 Å². The van der Waals surface area contributed by atoms with E-state index in [1.807, 2.05) is 52.0 Å². The first-order chi connectivity index (χ1) is 7.28. The van der Waals surface area contributed by atoms with E-state index in [4.69, 9.17) is 5.73 Å². The van der Waals surface area contributed by atoms with E-state index in [2.05, 4.69) is 0 Å². The van der Waals surface area contributed by atoms with Crippen LogP contribution < -0.4 is 5.73 Å². The second-order valence-electron chi connectivity index (χ2n) is 5.58. The average molecular weight is 223 g/mol. The van der Waals surface area contributed by atoms with Gasteiger partial charge in [0.2, 0.25) is 0 Å². The van der Waals surface area contributed by atoms with E-state index in [1.54, 1.807) is 0 Å². The third-order valence-corrected chi connectivity index (χ3v) is 3.27. The molecule has 0 aliphatic heterocycles. The number of hydrogen-bond donors (Lipinski definition) is 1. The van der Waals surface area contributed by atoms with E-state index in [0.717, 1.165) is 5.56 Å². The van der Waals surface area contributed by atoms with Crippen LogP contribution >= 0.6 is 0 Å². The predicted octanol–water partition coefficient (Wildman–Crippen LogP) is 3.25. The minimum absolute atomic E-state index is 0.0599. The minimum Gasteiger partial charge on any atom is -0.327 e. The van der Waals surface area contributed by atoms with E-state index in [1.165, 1.54) is 5.56 Å². The molecule has 0 amide bonds. The van der Waals surface area contributed by atoms with Crippen LogP contribution in [0.15, 0.2) is 24.3 Å². The highest BCUT2D eigenvalue weighted by Crippen LogP contribution is 2.36. The third kappa shape index (κ3) is 2.82. The van der Waals surface area contributed by atoms with Crippen molar-refractivity contribution in [2.45, 2.75) is 39.8 Å². The summed E-state index contributed by atoms with van der Waals surface area (Å²) in [7, 11) is 0. The maximum absolute atomic E-state index is 14.7. The van der Waals surface area contributed by atoms with Crippen LogP contribution in [0.3, 0.4) is 0 Å². The van der Waals surface area contributed by atoms with Gasteiger partial charge in [0.05, 0.1) is 0 Å². The lowest BCUT2D eigenvalue weighted by atomic mass is 9.74. The van der Waals surface area contributed by atoms with E-state index in [9.17, 15) is 4.39 Å². The summed E-state index contributed by atoms with van der Waals surface area (Å²) >= 11 is 0. The van der Waals surface area contributed by atoms with Gasteiger partial charge in [-0.15, -0.1) is 0 Å². The fourth-order valence-electron chi connectivity index (χ4n) is 1.67. The van der Waals surface area contributed by atoms with E-state index in [0.29, 0.717) is 6.42 Å². The SMILES string of the molecule is Cc1ccc(CC(F)(CN)C(C)(C)C)cc1. The molecule has 1 aromatic carbocycles. The first kappa shape index (κ1) is 13.2. The molecule has 0 heterocycles. The summed E-state index contributed by atoms with van der Waals surface area (Å²) in [6.45, 7) is 7.78. The van der Waals surface area contributed by atoms with Gasteiger partial charge in [-0.25, -0.2) is 4.39 Å². The Morgan fingerprint density at radius 1 is 1.12 bits per heavy atom. The molecule has 0 radical (unpaired) electrons. The molecule has 2 heteroatoms. The molecule has 0 aromatic heterocycles. The van der Waals surface area contributed by atoms with Crippen LogP contribution in [0, 0.1) is 12.3 Å². The summed E-state index contributed by atoms with van der Waals surface area (Å²) in [6, 6.07) is 7.97. The van der Waals surface area contributed by atoms with Crippen LogP contribution in [0.25, 0.3) is 0 Å². The molecular weight excluding hydrogens is 201 g/mol. The quantitative estimate of drug-likeness (QED) is 0.836. The number of aryl methyl sites for hydroxylation is 1. The molecule has 1 unspecified atom stereocenters. The van der Waals surface area contributed by atoms with Gasteiger partial charge in [0.1, 0.15) is 5.67 Å². The smallest absolute Gasteiger partial charge is 0.132 e. The summed E-state index contributed by atoms with van der Waals surface area (Å²) in [5, 5.41) is 0. The summed E-state index contributed by atoms with van der Waals surface area (Å²) in [4.78, 5) is 0. The molecule has 0 aliphatic carbocycles. The van der Waals surface area contributed by atoms with Crippen molar-refractivity contribution < 1.29 is 4.39 Å². The van der Waals surface area contributed by atoms with Crippen molar-refractivity contribution in [2.75, 3.05) is 6.54 Å². The van der Waals surface area contributed by atoms with Gasteiger partial charge in [-0.2, -0.15) is 0 Å². The average Bonchev–Trinajstić information content (AvgIpc) is 2.19. The lowest BCUT2D eigenvalue weighted by Crippen LogP contribution is -2.47. The Balaban J connectivity index is 2.89. The van der Waals surface area contributed by atoms with Crippen LogP contribution in [-0.4, -0.2) is 12.2 Å². The van der Waals surface area contributed by atoms with Crippen LogP contribution in [0.4, 0.5) is 4.39 Å². The van der Waals surface area contributed by atoms with E-state index in [-0.39, 0.29) is 6.54 Å². The number of alkyl halides is 1. The Morgan fingerprint density at radius 3 is 2.00 bits per heavy atom. The molecule has 1 atom stereocenters. The lowest BCUT2D eigenvalue weighted by Gasteiger charge is -2.37. The number of nitrogens with two attached hydrogens (primary N) is 1.